The second-order valence-electron chi connectivity index (χ2n) is 3.00. The molecule has 0 spiro atoms. The zero-order valence-corrected chi connectivity index (χ0v) is 5.84. The smallest absolute Gasteiger partial charge is 0.137 e. The molecule has 0 amide bonds. The van der Waals surface area contributed by atoms with Gasteiger partial charge >= 0.3 is 0 Å². The van der Waals surface area contributed by atoms with E-state index in [4.69, 9.17) is 4.74 Å². The molecule has 0 radical (unpaired) electrons. The number of piperidine rings is 1. The lowest BCUT2D eigenvalue weighted by Gasteiger charge is -2.33. The molecule has 0 aromatic rings. The van der Waals surface area contributed by atoms with Crippen molar-refractivity contribution in [3.63, 3.8) is 0 Å². The van der Waals surface area contributed by atoms with Crippen molar-refractivity contribution < 1.29 is 20.1 Å². The summed E-state index contributed by atoms with van der Waals surface area (Å²) in [6, 6.07) is -0.238. The van der Waals surface area contributed by atoms with Crippen molar-refractivity contribution in [3.8, 4) is 0 Å². The summed E-state index contributed by atoms with van der Waals surface area (Å²) in [7, 11) is 0. The van der Waals surface area contributed by atoms with Crippen LogP contribution in [-0.2, 0) is 4.74 Å². The largest absolute Gasteiger partial charge is 0.389 e. The molecule has 0 saturated carbocycles. The van der Waals surface area contributed by atoms with E-state index in [1.165, 1.54) is 0 Å². The van der Waals surface area contributed by atoms with Gasteiger partial charge in [0.15, 0.2) is 0 Å². The highest BCUT2D eigenvalue weighted by Crippen LogP contribution is 2.21. The molecule has 2 aliphatic rings. The molecule has 2 fully saturated rings. The van der Waals surface area contributed by atoms with Gasteiger partial charge in [-0.1, -0.05) is 0 Å². The topological polar surface area (TPSA) is 82.0 Å². The molecular weight excluding hydrogens is 150 g/mol. The second kappa shape index (κ2) is 2.40. The van der Waals surface area contributed by atoms with Gasteiger partial charge in [-0.15, -0.1) is 0 Å². The number of rotatable bonds is 0. The molecule has 4 N–H and O–H groups in total. The van der Waals surface area contributed by atoms with Crippen molar-refractivity contribution in [2.24, 2.45) is 0 Å². The van der Waals surface area contributed by atoms with Gasteiger partial charge in [-0.2, -0.15) is 0 Å². The van der Waals surface area contributed by atoms with E-state index in [9.17, 15) is 15.3 Å². The summed E-state index contributed by atoms with van der Waals surface area (Å²) in [4.78, 5) is 0. The Balaban J connectivity index is 2.16. The molecule has 64 valence electrons. The Morgan fingerprint density at radius 3 is 2.55 bits per heavy atom. The molecular formula is C6H11NO4. The van der Waals surface area contributed by atoms with Crippen LogP contribution < -0.4 is 5.32 Å². The molecule has 0 aromatic heterocycles. The third-order valence-electron chi connectivity index (χ3n) is 2.26. The monoisotopic (exact) mass is 161 g/mol. The lowest BCUT2D eigenvalue weighted by atomic mass is 9.97. The predicted molar refractivity (Wildman–Crippen MR) is 34.7 cm³/mol. The molecule has 0 aromatic carbocycles. The van der Waals surface area contributed by atoms with E-state index in [-0.39, 0.29) is 6.04 Å². The summed E-state index contributed by atoms with van der Waals surface area (Å²) in [6.07, 6.45) is -3.56. The fraction of sp³-hybridized carbons (Fsp3) is 1.00. The summed E-state index contributed by atoms with van der Waals surface area (Å²) in [5, 5.41) is 30.6. The maximum absolute atomic E-state index is 9.28. The van der Waals surface area contributed by atoms with Crippen molar-refractivity contribution in [2.45, 2.75) is 30.6 Å². The summed E-state index contributed by atoms with van der Waals surface area (Å²) in [5.41, 5.74) is 0. The third kappa shape index (κ3) is 0.969. The van der Waals surface area contributed by atoms with Crippen LogP contribution in [0.5, 0.6) is 0 Å². The molecule has 5 heteroatoms. The Kier molecular flexibility index (Phi) is 1.62. The minimum Gasteiger partial charge on any atom is -0.389 e. The van der Waals surface area contributed by atoms with E-state index in [0.717, 1.165) is 0 Å². The van der Waals surface area contributed by atoms with Crippen LogP contribution in [0.15, 0.2) is 0 Å². The predicted octanol–water partition coefficient (Wildman–Crippen LogP) is -2.60. The van der Waals surface area contributed by atoms with Gasteiger partial charge in [-0.3, -0.25) is 5.32 Å². The van der Waals surface area contributed by atoms with Crippen LogP contribution in [0.1, 0.15) is 0 Å². The maximum atomic E-state index is 9.28. The van der Waals surface area contributed by atoms with Crippen LogP contribution in [0.3, 0.4) is 0 Å². The molecule has 11 heavy (non-hydrogen) atoms. The zero-order valence-electron chi connectivity index (χ0n) is 5.84. The first kappa shape index (κ1) is 7.45. The second-order valence-corrected chi connectivity index (χ2v) is 3.00. The Morgan fingerprint density at radius 2 is 1.82 bits per heavy atom. The van der Waals surface area contributed by atoms with Gasteiger partial charge in [-0.25, -0.2) is 0 Å². The zero-order chi connectivity index (χ0) is 8.01. The lowest BCUT2D eigenvalue weighted by molar-refractivity contribution is -0.122. The van der Waals surface area contributed by atoms with Crippen LogP contribution in [0.2, 0.25) is 0 Å². The summed E-state index contributed by atoms with van der Waals surface area (Å²) < 4.78 is 5.05. The quantitative estimate of drug-likeness (QED) is 0.313. The highest BCUT2D eigenvalue weighted by molar-refractivity contribution is 4.98. The average molecular weight is 161 g/mol. The Labute approximate surface area is 63.6 Å². The first-order chi connectivity index (χ1) is 5.20. The van der Waals surface area contributed by atoms with Gasteiger partial charge in [0.1, 0.15) is 24.5 Å². The van der Waals surface area contributed by atoms with E-state index < -0.39 is 24.5 Å². The van der Waals surface area contributed by atoms with Crippen molar-refractivity contribution in [1.82, 2.24) is 5.32 Å². The molecule has 2 saturated heterocycles. The highest BCUT2D eigenvalue weighted by Gasteiger charge is 2.47. The number of hydrogen-bond donors (Lipinski definition) is 4. The van der Waals surface area contributed by atoms with Crippen molar-refractivity contribution in [3.05, 3.63) is 0 Å². The van der Waals surface area contributed by atoms with Gasteiger partial charge in [0.25, 0.3) is 0 Å². The molecule has 0 unspecified atom stereocenters. The number of ether oxygens (including phenoxy) is 1. The molecule has 2 aliphatic heterocycles. The first-order valence-electron chi connectivity index (χ1n) is 3.62. The van der Waals surface area contributed by atoms with Gasteiger partial charge in [0, 0.05) is 0 Å². The number of nitrogens with one attached hydrogen (secondary N) is 1. The van der Waals surface area contributed by atoms with Gasteiger partial charge < -0.3 is 20.1 Å². The van der Waals surface area contributed by atoms with Crippen molar-refractivity contribution in [1.29, 1.82) is 0 Å². The fourth-order valence-electron chi connectivity index (χ4n) is 1.53. The van der Waals surface area contributed by atoms with Crippen molar-refractivity contribution >= 4 is 0 Å². The van der Waals surface area contributed by atoms with E-state index in [1.54, 1.807) is 0 Å². The molecule has 2 heterocycles. The van der Waals surface area contributed by atoms with Crippen LogP contribution in [0.4, 0.5) is 0 Å². The van der Waals surface area contributed by atoms with Crippen molar-refractivity contribution in [2.75, 3.05) is 6.61 Å². The van der Waals surface area contributed by atoms with E-state index in [2.05, 4.69) is 5.32 Å². The SMILES string of the molecule is O[C@@H]1[C@@H](O)[C@H]2CO[C@H](N2)[C@H]1O. The summed E-state index contributed by atoms with van der Waals surface area (Å²) in [5.74, 6) is 0. The molecule has 0 aliphatic carbocycles. The molecule has 5 nitrogen and oxygen atoms in total. The van der Waals surface area contributed by atoms with Gasteiger partial charge in [-0.05, 0) is 0 Å². The minimum atomic E-state index is -1.09. The summed E-state index contributed by atoms with van der Waals surface area (Å²) >= 11 is 0. The fourth-order valence-corrected chi connectivity index (χ4v) is 1.53. The minimum absolute atomic E-state index is 0.238. The first-order valence-corrected chi connectivity index (χ1v) is 3.62. The Bertz CT molecular complexity index is 145. The highest BCUT2D eigenvalue weighted by atomic mass is 16.5. The molecule has 2 bridgehead atoms. The third-order valence-corrected chi connectivity index (χ3v) is 2.26. The van der Waals surface area contributed by atoms with Crippen LogP contribution in [0, 0.1) is 0 Å². The maximum Gasteiger partial charge on any atom is 0.137 e. The Morgan fingerprint density at radius 1 is 1.09 bits per heavy atom. The van der Waals surface area contributed by atoms with E-state index in [0.29, 0.717) is 6.61 Å². The normalized spacial score (nSPS) is 56.5. The number of aliphatic hydroxyl groups excluding tert-OH is 3. The Hall–Kier alpha value is -0.200. The number of hydrogen-bond acceptors (Lipinski definition) is 5. The standard InChI is InChI=1S/C6H11NO4/c8-3-2-1-11-6(7-2)5(10)4(3)9/h2-10H,1H2/t2-,3+,4-,5+,6+/m1/s1. The van der Waals surface area contributed by atoms with Crippen LogP contribution in [-0.4, -0.2) is 52.5 Å². The van der Waals surface area contributed by atoms with Gasteiger partial charge in [0.2, 0.25) is 0 Å². The van der Waals surface area contributed by atoms with Gasteiger partial charge in [0.05, 0.1) is 12.6 Å². The molecule has 2 rings (SSSR count). The number of fused-ring (bicyclic) bond motifs is 2. The van der Waals surface area contributed by atoms with Crippen LogP contribution in [0.25, 0.3) is 0 Å². The number of aliphatic hydroxyl groups is 3. The van der Waals surface area contributed by atoms with Crippen LogP contribution >= 0.6 is 0 Å². The van der Waals surface area contributed by atoms with E-state index in [1.807, 2.05) is 0 Å². The van der Waals surface area contributed by atoms with E-state index >= 15 is 0 Å². The average Bonchev–Trinajstić information content (AvgIpc) is 2.44. The summed E-state index contributed by atoms with van der Waals surface area (Å²) in [6.45, 7) is 0.347. The lowest BCUT2D eigenvalue weighted by Crippen LogP contribution is -2.60. The molecule has 5 atom stereocenters.